The van der Waals surface area contributed by atoms with E-state index in [-0.39, 0.29) is 30.5 Å². The number of hydrazone groups is 1. The van der Waals surface area contributed by atoms with Crippen molar-refractivity contribution in [2.45, 2.75) is 19.8 Å². The van der Waals surface area contributed by atoms with Gasteiger partial charge in [0.25, 0.3) is 0 Å². The first-order valence-corrected chi connectivity index (χ1v) is 7.95. The molecule has 2 N–H and O–H groups in total. The predicted molar refractivity (Wildman–Crippen MR) is 96.2 cm³/mol. The smallest absolute Gasteiger partial charge is 0.240 e. The Hall–Kier alpha value is -2.73. The van der Waals surface area contributed by atoms with Gasteiger partial charge in [0.15, 0.2) is 0 Å². The molecule has 2 aromatic rings. The maximum Gasteiger partial charge on any atom is 0.240 e. The molecule has 0 saturated heterocycles. The van der Waals surface area contributed by atoms with E-state index in [9.17, 15) is 14.0 Å². The summed E-state index contributed by atoms with van der Waals surface area (Å²) in [5.74, 6) is -1.01. The largest absolute Gasteiger partial charge is 0.326 e. The molecule has 0 aliphatic carbocycles. The fourth-order valence-electron chi connectivity index (χ4n) is 1.99. The van der Waals surface area contributed by atoms with Gasteiger partial charge in [-0.2, -0.15) is 5.10 Å². The second-order valence-electron chi connectivity index (χ2n) is 5.35. The summed E-state index contributed by atoms with van der Waals surface area (Å²) in [7, 11) is 0. The molecule has 0 fully saturated rings. The van der Waals surface area contributed by atoms with Gasteiger partial charge >= 0.3 is 0 Å². The Morgan fingerprint density at radius 2 is 1.80 bits per heavy atom. The molecule has 0 saturated carbocycles. The van der Waals surface area contributed by atoms with Crippen molar-refractivity contribution in [3.05, 3.63) is 64.4 Å². The number of nitrogens with one attached hydrogen (secondary N) is 2. The lowest BCUT2D eigenvalue weighted by Gasteiger charge is -2.08. The first-order chi connectivity index (χ1) is 11.9. The lowest BCUT2D eigenvalue weighted by Crippen LogP contribution is -2.20. The van der Waals surface area contributed by atoms with Crippen LogP contribution in [-0.4, -0.2) is 18.0 Å². The van der Waals surface area contributed by atoms with Crippen molar-refractivity contribution in [3.63, 3.8) is 0 Å². The van der Waals surface area contributed by atoms with Gasteiger partial charge in [-0.3, -0.25) is 9.59 Å². The number of halogens is 2. The number of hydrogen-bond donors (Lipinski definition) is 2. The molecule has 0 heterocycles. The van der Waals surface area contributed by atoms with Crippen molar-refractivity contribution in [2.75, 3.05) is 5.32 Å². The molecule has 2 amide bonds. The molecule has 7 heteroatoms. The molecule has 0 atom stereocenters. The van der Waals surface area contributed by atoms with Crippen molar-refractivity contribution in [3.8, 4) is 0 Å². The summed E-state index contributed by atoms with van der Waals surface area (Å²) in [5, 5.41) is 7.08. The average Bonchev–Trinajstić information content (AvgIpc) is 2.57. The molecule has 0 unspecified atom stereocenters. The summed E-state index contributed by atoms with van der Waals surface area (Å²) in [6, 6.07) is 10.8. The van der Waals surface area contributed by atoms with Crippen LogP contribution in [-0.2, 0) is 9.59 Å². The summed E-state index contributed by atoms with van der Waals surface area (Å²) >= 11 is 5.86. The quantitative estimate of drug-likeness (QED) is 0.609. The molecular formula is C18H17ClFN3O2. The zero-order chi connectivity index (χ0) is 18.2. The Morgan fingerprint density at radius 3 is 2.48 bits per heavy atom. The number of amides is 2. The molecule has 5 nitrogen and oxygen atoms in total. The highest BCUT2D eigenvalue weighted by atomic mass is 35.5. The standard InChI is InChI=1S/C18H17ClFN3O2/c1-12-10-14(19)4-7-16(12)22-17(24)8-9-18(25)23-21-11-13-2-5-15(20)6-3-13/h2-7,10-11H,8-9H2,1H3,(H,22,24)(H,23,25)/b21-11-. The van der Waals surface area contributed by atoms with Gasteiger partial charge in [-0.15, -0.1) is 0 Å². The summed E-state index contributed by atoms with van der Waals surface area (Å²) in [6.45, 7) is 1.83. The fourth-order valence-corrected chi connectivity index (χ4v) is 2.22. The highest BCUT2D eigenvalue weighted by molar-refractivity contribution is 6.30. The topological polar surface area (TPSA) is 70.6 Å². The van der Waals surface area contributed by atoms with E-state index in [4.69, 9.17) is 11.6 Å². The third-order valence-corrected chi connectivity index (χ3v) is 3.55. The van der Waals surface area contributed by atoms with E-state index >= 15 is 0 Å². The van der Waals surface area contributed by atoms with Crippen LogP contribution in [0, 0.1) is 12.7 Å². The van der Waals surface area contributed by atoms with Crippen LogP contribution in [0.25, 0.3) is 0 Å². The van der Waals surface area contributed by atoms with E-state index in [1.165, 1.54) is 30.5 Å². The third kappa shape index (κ3) is 6.35. The van der Waals surface area contributed by atoms with Crippen LogP contribution in [0.3, 0.4) is 0 Å². The molecule has 0 radical (unpaired) electrons. The van der Waals surface area contributed by atoms with Gasteiger partial charge < -0.3 is 5.32 Å². The number of benzene rings is 2. The van der Waals surface area contributed by atoms with Gasteiger partial charge in [0.2, 0.25) is 11.8 Å². The van der Waals surface area contributed by atoms with Gasteiger partial charge in [-0.25, -0.2) is 9.82 Å². The lowest BCUT2D eigenvalue weighted by atomic mass is 10.2. The predicted octanol–water partition coefficient (Wildman–Crippen LogP) is 3.66. The monoisotopic (exact) mass is 361 g/mol. The first kappa shape index (κ1) is 18.6. The van der Waals surface area contributed by atoms with Crippen LogP contribution in [0.5, 0.6) is 0 Å². The number of anilines is 1. The second kappa shape index (κ2) is 8.94. The highest BCUT2D eigenvalue weighted by Gasteiger charge is 2.08. The summed E-state index contributed by atoms with van der Waals surface area (Å²) in [5.41, 5.74) is 4.47. The van der Waals surface area contributed by atoms with E-state index in [1.54, 1.807) is 18.2 Å². The van der Waals surface area contributed by atoms with Crippen molar-refractivity contribution >= 4 is 35.3 Å². The SMILES string of the molecule is Cc1cc(Cl)ccc1NC(=O)CCC(=O)N/N=C\c1ccc(F)cc1. The van der Waals surface area contributed by atoms with Crippen LogP contribution >= 0.6 is 11.6 Å². The van der Waals surface area contributed by atoms with E-state index in [0.717, 1.165) is 5.56 Å². The molecule has 2 aromatic carbocycles. The van der Waals surface area contributed by atoms with Gasteiger partial charge in [0.05, 0.1) is 6.21 Å². The Balaban J connectivity index is 1.75. The van der Waals surface area contributed by atoms with E-state index in [2.05, 4.69) is 15.8 Å². The van der Waals surface area contributed by atoms with Crippen molar-refractivity contribution in [2.24, 2.45) is 5.10 Å². The summed E-state index contributed by atoms with van der Waals surface area (Å²) in [4.78, 5) is 23.6. The number of carbonyl (C=O) groups excluding carboxylic acids is 2. The van der Waals surface area contributed by atoms with Crippen LogP contribution in [0.2, 0.25) is 5.02 Å². The normalized spacial score (nSPS) is 10.7. The number of aryl methyl sites for hydroxylation is 1. The minimum atomic E-state index is -0.388. The second-order valence-corrected chi connectivity index (χ2v) is 5.79. The molecule has 25 heavy (non-hydrogen) atoms. The third-order valence-electron chi connectivity index (χ3n) is 3.31. The molecule has 0 aliphatic heterocycles. The van der Waals surface area contributed by atoms with Crippen LogP contribution < -0.4 is 10.7 Å². The Labute approximate surface area is 149 Å². The van der Waals surface area contributed by atoms with Crippen LogP contribution in [0.4, 0.5) is 10.1 Å². The molecule has 0 aromatic heterocycles. The zero-order valence-corrected chi connectivity index (χ0v) is 14.3. The molecule has 0 bridgehead atoms. The van der Waals surface area contributed by atoms with Gasteiger partial charge in [0.1, 0.15) is 5.82 Å². The van der Waals surface area contributed by atoms with Crippen LogP contribution in [0.1, 0.15) is 24.0 Å². The number of carbonyl (C=O) groups is 2. The summed E-state index contributed by atoms with van der Waals surface area (Å²) < 4.78 is 12.8. The maximum atomic E-state index is 12.8. The van der Waals surface area contributed by atoms with Gasteiger partial charge in [-0.05, 0) is 48.4 Å². The van der Waals surface area contributed by atoms with Crippen molar-refractivity contribution in [1.82, 2.24) is 5.43 Å². The number of hydrogen-bond acceptors (Lipinski definition) is 3. The Bertz CT molecular complexity index is 791. The molecule has 0 aliphatic rings. The Morgan fingerprint density at radius 1 is 1.12 bits per heavy atom. The van der Waals surface area contributed by atoms with Crippen LogP contribution in [0.15, 0.2) is 47.6 Å². The van der Waals surface area contributed by atoms with Crippen molar-refractivity contribution in [1.29, 1.82) is 0 Å². The maximum absolute atomic E-state index is 12.8. The fraction of sp³-hybridized carbons (Fsp3) is 0.167. The Kier molecular flexibility index (Phi) is 6.65. The minimum Gasteiger partial charge on any atom is -0.326 e. The van der Waals surface area contributed by atoms with Crippen molar-refractivity contribution < 1.29 is 14.0 Å². The molecule has 0 spiro atoms. The minimum absolute atomic E-state index is 0.000765. The average molecular weight is 362 g/mol. The highest BCUT2D eigenvalue weighted by Crippen LogP contribution is 2.19. The number of rotatable bonds is 6. The van der Waals surface area contributed by atoms with E-state index < -0.39 is 0 Å². The molecule has 130 valence electrons. The van der Waals surface area contributed by atoms with Gasteiger partial charge in [0, 0.05) is 23.6 Å². The first-order valence-electron chi connectivity index (χ1n) is 7.57. The zero-order valence-electron chi connectivity index (χ0n) is 13.6. The molecule has 2 rings (SSSR count). The summed E-state index contributed by atoms with van der Waals surface area (Å²) in [6.07, 6.45) is 1.42. The van der Waals surface area contributed by atoms with Gasteiger partial charge in [-0.1, -0.05) is 23.7 Å². The number of nitrogens with zero attached hydrogens (tertiary/aromatic N) is 1. The van der Waals surface area contributed by atoms with E-state index in [0.29, 0.717) is 16.3 Å². The molecular weight excluding hydrogens is 345 g/mol. The van der Waals surface area contributed by atoms with E-state index in [1.807, 2.05) is 6.92 Å². The lowest BCUT2D eigenvalue weighted by molar-refractivity contribution is -0.124.